The number of nitrogens with two attached hydrogens (primary N) is 1. The predicted molar refractivity (Wildman–Crippen MR) is 68.0 cm³/mol. The van der Waals surface area contributed by atoms with Crippen LogP contribution < -0.4 is 5.73 Å². The molecule has 0 radical (unpaired) electrons. The summed E-state index contributed by atoms with van der Waals surface area (Å²) in [6, 6.07) is 0. The third kappa shape index (κ3) is 3.32. The Hall–Kier alpha value is -1.85. The summed E-state index contributed by atoms with van der Waals surface area (Å²) in [6.07, 6.45) is 0. The summed E-state index contributed by atoms with van der Waals surface area (Å²) >= 11 is 0. The fraction of sp³-hybridized carbons (Fsp3) is 0.583. The molecule has 0 fully saturated rings. The van der Waals surface area contributed by atoms with E-state index < -0.39 is 5.91 Å². The average Bonchev–Trinajstić information content (AvgIpc) is 2.55. The number of carbonyl (C=O) groups excluding carboxylic acids is 2. The number of nitrogens with zero attached hydrogens (tertiary/aromatic N) is 2. The van der Waals surface area contributed by atoms with E-state index in [0.29, 0.717) is 23.5 Å². The number of hydrogen-bond acceptors (Lipinski definition) is 3. The minimum absolute atomic E-state index is 0.0684. The zero-order valence-electron chi connectivity index (χ0n) is 11.3. The molecule has 2 amide bonds. The molecule has 0 aliphatic heterocycles. The van der Waals surface area contributed by atoms with Crippen LogP contribution in [-0.4, -0.2) is 40.0 Å². The molecule has 1 aromatic heterocycles. The monoisotopic (exact) mass is 252 g/mol. The van der Waals surface area contributed by atoms with Gasteiger partial charge in [0.05, 0.1) is 17.8 Å². The molecule has 0 unspecified atom stereocenters. The van der Waals surface area contributed by atoms with Crippen molar-refractivity contribution in [2.45, 2.75) is 27.7 Å². The highest BCUT2D eigenvalue weighted by Crippen LogP contribution is 2.13. The van der Waals surface area contributed by atoms with Gasteiger partial charge in [-0.1, -0.05) is 13.8 Å². The maximum Gasteiger partial charge on any atom is 0.258 e. The normalized spacial score (nSPS) is 10.7. The molecule has 0 atom stereocenters. The largest absolute Gasteiger partial charge is 0.368 e. The molecule has 0 spiro atoms. The zero-order valence-corrected chi connectivity index (χ0v) is 11.3. The van der Waals surface area contributed by atoms with E-state index in [1.54, 1.807) is 13.8 Å². The lowest BCUT2D eigenvalue weighted by atomic mass is 10.1. The van der Waals surface area contributed by atoms with E-state index in [1.165, 1.54) is 4.90 Å². The van der Waals surface area contributed by atoms with Crippen molar-refractivity contribution in [2.24, 2.45) is 11.7 Å². The summed E-state index contributed by atoms with van der Waals surface area (Å²) in [4.78, 5) is 24.9. The van der Waals surface area contributed by atoms with Gasteiger partial charge >= 0.3 is 0 Å². The topological polar surface area (TPSA) is 92.1 Å². The maximum absolute atomic E-state index is 12.4. The number of aromatic nitrogens is 2. The quantitative estimate of drug-likeness (QED) is 0.804. The molecule has 1 aromatic rings. The van der Waals surface area contributed by atoms with Gasteiger partial charge in [0, 0.05) is 12.2 Å². The number of nitrogens with one attached hydrogen (secondary N) is 1. The Morgan fingerprint density at radius 1 is 1.39 bits per heavy atom. The number of H-pyrrole nitrogens is 1. The summed E-state index contributed by atoms with van der Waals surface area (Å²) in [7, 11) is 0. The molecule has 0 bridgehead atoms. The number of aryl methyl sites for hydroxylation is 2. The van der Waals surface area contributed by atoms with Crippen molar-refractivity contribution in [3.8, 4) is 0 Å². The van der Waals surface area contributed by atoms with Crippen LogP contribution in [0, 0.1) is 19.8 Å². The summed E-state index contributed by atoms with van der Waals surface area (Å²) < 4.78 is 0. The van der Waals surface area contributed by atoms with Crippen LogP contribution in [0.15, 0.2) is 0 Å². The zero-order chi connectivity index (χ0) is 13.9. The van der Waals surface area contributed by atoms with Gasteiger partial charge in [0.2, 0.25) is 5.91 Å². The second kappa shape index (κ2) is 5.66. The highest BCUT2D eigenvalue weighted by molar-refractivity contribution is 5.98. The smallest absolute Gasteiger partial charge is 0.258 e. The van der Waals surface area contributed by atoms with Gasteiger partial charge in [0.25, 0.3) is 5.91 Å². The number of hydrogen-bond donors (Lipinski definition) is 2. The van der Waals surface area contributed by atoms with Crippen LogP contribution in [0.2, 0.25) is 0 Å². The first-order valence-electron chi connectivity index (χ1n) is 5.92. The first kappa shape index (κ1) is 14.2. The first-order chi connectivity index (χ1) is 8.32. The molecule has 18 heavy (non-hydrogen) atoms. The number of primary amides is 1. The molecule has 6 heteroatoms. The Kier molecular flexibility index (Phi) is 4.47. The van der Waals surface area contributed by atoms with Crippen LogP contribution in [0.3, 0.4) is 0 Å². The molecule has 1 rings (SSSR count). The molecular weight excluding hydrogens is 232 g/mol. The molecule has 6 nitrogen and oxygen atoms in total. The minimum atomic E-state index is -0.511. The van der Waals surface area contributed by atoms with Crippen LogP contribution in [0.25, 0.3) is 0 Å². The third-order valence-electron chi connectivity index (χ3n) is 2.56. The van der Waals surface area contributed by atoms with E-state index in [9.17, 15) is 9.59 Å². The van der Waals surface area contributed by atoms with Crippen molar-refractivity contribution < 1.29 is 9.59 Å². The Bertz CT molecular complexity index is 431. The van der Waals surface area contributed by atoms with Crippen LogP contribution in [0.4, 0.5) is 0 Å². The lowest BCUT2D eigenvalue weighted by molar-refractivity contribution is -0.118. The summed E-state index contributed by atoms with van der Waals surface area (Å²) in [5.74, 6) is -0.449. The van der Waals surface area contributed by atoms with Gasteiger partial charge in [0.15, 0.2) is 0 Å². The minimum Gasteiger partial charge on any atom is -0.368 e. The van der Waals surface area contributed by atoms with Crippen molar-refractivity contribution in [3.05, 3.63) is 17.0 Å². The van der Waals surface area contributed by atoms with Gasteiger partial charge in [-0.25, -0.2) is 0 Å². The number of carbonyl (C=O) groups is 2. The fourth-order valence-corrected chi connectivity index (χ4v) is 1.87. The molecule has 1 heterocycles. The van der Waals surface area contributed by atoms with Gasteiger partial charge in [-0.2, -0.15) is 5.10 Å². The lowest BCUT2D eigenvalue weighted by Crippen LogP contribution is -2.40. The summed E-state index contributed by atoms with van der Waals surface area (Å²) in [5.41, 5.74) is 7.04. The van der Waals surface area contributed by atoms with Gasteiger partial charge in [0.1, 0.15) is 0 Å². The highest BCUT2D eigenvalue weighted by Gasteiger charge is 2.23. The lowest BCUT2D eigenvalue weighted by Gasteiger charge is -2.23. The van der Waals surface area contributed by atoms with E-state index in [2.05, 4.69) is 10.2 Å². The summed E-state index contributed by atoms with van der Waals surface area (Å²) in [5, 5.41) is 6.75. The van der Waals surface area contributed by atoms with Crippen molar-refractivity contribution in [3.63, 3.8) is 0 Å². The van der Waals surface area contributed by atoms with Crippen LogP contribution >= 0.6 is 0 Å². The summed E-state index contributed by atoms with van der Waals surface area (Å²) in [6.45, 7) is 7.93. The molecule has 100 valence electrons. The average molecular weight is 252 g/mol. The Morgan fingerprint density at radius 3 is 2.39 bits per heavy atom. The number of amides is 2. The van der Waals surface area contributed by atoms with Crippen LogP contribution in [0.5, 0.6) is 0 Å². The second-order valence-electron chi connectivity index (χ2n) is 4.85. The maximum atomic E-state index is 12.4. The number of rotatable bonds is 5. The van der Waals surface area contributed by atoms with Gasteiger partial charge in [-0.3, -0.25) is 14.7 Å². The predicted octanol–water partition coefficient (Wildman–Crippen LogP) is 0.610. The second-order valence-corrected chi connectivity index (χ2v) is 4.85. The van der Waals surface area contributed by atoms with Gasteiger partial charge in [-0.15, -0.1) is 0 Å². The molecular formula is C12H20N4O2. The van der Waals surface area contributed by atoms with Crippen LogP contribution in [-0.2, 0) is 4.79 Å². The Labute approximate surface area is 107 Å². The van der Waals surface area contributed by atoms with E-state index in [0.717, 1.165) is 0 Å². The van der Waals surface area contributed by atoms with Gasteiger partial charge in [-0.05, 0) is 19.8 Å². The molecule has 0 aliphatic rings. The fourth-order valence-electron chi connectivity index (χ4n) is 1.87. The van der Waals surface area contributed by atoms with E-state index >= 15 is 0 Å². The molecule has 0 aromatic carbocycles. The Morgan fingerprint density at radius 2 is 2.00 bits per heavy atom. The Balaban J connectivity index is 2.98. The van der Waals surface area contributed by atoms with E-state index in [1.807, 2.05) is 13.8 Å². The van der Waals surface area contributed by atoms with Crippen molar-refractivity contribution in [1.82, 2.24) is 15.1 Å². The van der Waals surface area contributed by atoms with Crippen LogP contribution in [0.1, 0.15) is 35.6 Å². The molecule has 0 saturated heterocycles. The van der Waals surface area contributed by atoms with Crippen molar-refractivity contribution in [1.29, 1.82) is 0 Å². The van der Waals surface area contributed by atoms with E-state index in [4.69, 9.17) is 5.73 Å². The highest BCUT2D eigenvalue weighted by atomic mass is 16.2. The standard InChI is InChI=1S/C12H20N4O2/c1-7(2)5-16(6-10(13)17)12(18)11-8(3)14-15-9(11)4/h7H,5-6H2,1-4H3,(H2,13,17)(H,14,15). The first-order valence-corrected chi connectivity index (χ1v) is 5.92. The SMILES string of the molecule is Cc1n[nH]c(C)c1C(=O)N(CC(N)=O)CC(C)C. The number of aromatic amines is 1. The van der Waals surface area contributed by atoms with Crippen molar-refractivity contribution in [2.75, 3.05) is 13.1 Å². The molecule has 0 aliphatic carbocycles. The van der Waals surface area contributed by atoms with Gasteiger partial charge < -0.3 is 10.6 Å². The molecule has 0 saturated carbocycles. The molecule has 3 N–H and O–H groups in total. The third-order valence-corrected chi connectivity index (χ3v) is 2.56. The van der Waals surface area contributed by atoms with Crippen molar-refractivity contribution >= 4 is 11.8 Å². The van der Waals surface area contributed by atoms with E-state index in [-0.39, 0.29) is 18.4 Å².